The molecular weight excluding hydrogens is 484 g/mol. The summed E-state index contributed by atoms with van der Waals surface area (Å²) < 4.78 is 15.4. The van der Waals surface area contributed by atoms with Gasteiger partial charge in [0, 0.05) is 17.3 Å². The molecule has 1 aliphatic heterocycles. The summed E-state index contributed by atoms with van der Waals surface area (Å²) in [5.74, 6) is -0.821. The highest BCUT2D eigenvalue weighted by molar-refractivity contribution is 8.18. The molecule has 0 saturated carbocycles. The second-order valence-corrected chi connectivity index (χ2v) is 8.24. The molecule has 0 bridgehead atoms. The lowest BCUT2D eigenvalue weighted by molar-refractivity contribution is -0.127. The van der Waals surface area contributed by atoms with Crippen molar-refractivity contribution in [3.05, 3.63) is 57.5 Å². The standard InChI is InChI=1S/C23H21ClN2O7S/c1-4-33-22(29)16-10-14(6-8-17(16)24)25-20(27)12-26-21(28)19(34-23(26)30)9-13-5-7-15(31-2)11-18(13)32-3/h5-11H,4,12H2,1-3H3,(H,25,27)/b19-9+. The fourth-order valence-corrected chi connectivity index (χ4v) is 4.05. The number of nitrogens with zero attached hydrogens (tertiary/aromatic N) is 1. The Kier molecular flexibility index (Phi) is 8.19. The van der Waals surface area contributed by atoms with Crippen LogP contribution in [-0.4, -0.2) is 55.3 Å². The maximum Gasteiger partial charge on any atom is 0.339 e. The molecule has 2 aromatic carbocycles. The van der Waals surface area contributed by atoms with Crippen LogP contribution in [0.2, 0.25) is 5.02 Å². The molecule has 34 heavy (non-hydrogen) atoms. The number of rotatable bonds is 8. The molecule has 1 heterocycles. The second-order valence-electron chi connectivity index (χ2n) is 6.84. The summed E-state index contributed by atoms with van der Waals surface area (Å²) in [4.78, 5) is 50.7. The van der Waals surface area contributed by atoms with Gasteiger partial charge in [0.2, 0.25) is 5.91 Å². The molecule has 1 fully saturated rings. The number of hydrogen-bond donors (Lipinski definition) is 1. The molecule has 3 amide bonds. The average Bonchev–Trinajstić information content (AvgIpc) is 3.07. The van der Waals surface area contributed by atoms with E-state index in [9.17, 15) is 19.2 Å². The molecule has 1 aliphatic rings. The third kappa shape index (κ3) is 5.70. The predicted octanol–water partition coefficient (Wildman–Crippen LogP) is 4.21. The van der Waals surface area contributed by atoms with Crippen LogP contribution < -0.4 is 14.8 Å². The lowest BCUT2D eigenvalue weighted by Gasteiger charge is -2.13. The quantitative estimate of drug-likeness (QED) is 0.420. The molecule has 11 heteroatoms. The first-order chi connectivity index (χ1) is 16.3. The number of nitrogens with one attached hydrogen (secondary N) is 1. The number of benzene rings is 2. The number of ether oxygens (including phenoxy) is 3. The maximum atomic E-state index is 12.8. The molecule has 9 nitrogen and oxygen atoms in total. The number of carbonyl (C=O) groups excluding carboxylic acids is 4. The zero-order chi connectivity index (χ0) is 24.8. The number of carbonyl (C=O) groups is 4. The van der Waals surface area contributed by atoms with Crippen LogP contribution in [0.25, 0.3) is 6.08 Å². The Balaban J connectivity index is 1.72. The zero-order valence-corrected chi connectivity index (χ0v) is 20.1. The van der Waals surface area contributed by atoms with Crippen molar-refractivity contribution in [3.63, 3.8) is 0 Å². The van der Waals surface area contributed by atoms with Crippen LogP contribution in [0.1, 0.15) is 22.8 Å². The number of hydrogen-bond acceptors (Lipinski definition) is 8. The highest BCUT2D eigenvalue weighted by Crippen LogP contribution is 2.35. The Bertz CT molecular complexity index is 1180. The lowest BCUT2D eigenvalue weighted by atomic mass is 10.1. The van der Waals surface area contributed by atoms with E-state index in [1.807, 2.05) is 0 Å². The van der Waals surface area contributed by atoms with Gasteiger partial charge in [-0.05, 0) is 55.1 Å². The largest absolute Gasteiger partial charge is 0.497 e. The van der Waals surface area contributed by atoms with E-state index in [0.29, 0.717) is 17.1 Å². The first-order valence-corrected chi connectivity index (χ1v) is 11.2. The second kappa shape index (κ2) is 11.1. The smallest absolute Gasteiger partial charge is 0.339 e. The number of thioether (sulfide) groups is 1. The monoisotopic (exact) mass is 504 g/mol. The average molecular weight is 505 g/mol. The van der Waals surface area contributed by atoms with Crippen LogP contribution in [0.5, 0.6) is 11.5 Å². The van der Waals surface area contributed by atoms with E-state index < -0.39 is 29.6 Å². The molecule has 0 unspecified atom stereocenters. The van der Waals surface area contributed by atoms with Crippen LogP contribution in [0.4, 0.5) is 10.5 Å². The van der Waals surface area contributed by atoms with Gasteiger partial charge in [-0.1, -0.05) is 11.6 Å². The van der Waals surface area contributed by atoms with Gasteiger partial charge in [-0.2, -0.15) is 0 Å². The van der Waals surface area contributed by atoms with Crippen molar-refractivity contribution >= 4 is 58.1 Å². The summed E-state index contributed by atoms with van der Waals surface area (Å²) in [7, 11) is 3.00. The number of methoxy groups -OCH3 is 2. The molecule has 178 valence electrons. The molecule has 0 atom stereocenters. The van der Waals surface area contributed by atoms with Gasteiger partial charge in [0.15, 0.2) is 0 Å². The molecule has 0 spiro atoms. The predicted molar refractivity (Wildman–Crippen MR) is 128 cm³/mol. The van der Waals surface area contributed by atoms with Crippen molar-refractivity contribution in [2.45, 2.75) is 6.92 Å². The molecule has 2 aromatic rings. The minimum absolute atomic E-state index is 0.0869. The van der Waals surface area contributed by atoms with E-state index >= 15 is 0 Å². The van der Waals surface area contributed by atoms with Crippen LogP contribution in [0.15, 0.2) is 41.3 Å². The van der Waals surface area contributed by atoms with E-state index in [4.69, 9.17) is 25.8 Å². The molecule has 0 radical (unpaired) electrons. The van der Waals surface area contributed by atoms with Gasteiger partial charge in [0.1, 0.15) is 18.0 Å². The maximum absolute atomic E-state index is 12.8. The minimum atomic E-state index is -0.631. The molecule has 1 N–H and O–H groups in total. The van der Waals surface area contributed by atoms with Crippen molar-refractivity contribution in [1.29, 1.82) is 0 Å². The van der Waals surface area contributed by atoms with E-state index in [1.165, 1.54) is 38.5 Å². The number of anilines is 1. The van der Waals surface area contributed by atoms with Crippen LogP contribution in [0.3, 0.4) is 0 Å². The van der Waals surface area contributed by atoms with Crippen molar-refractivity contribution in [3.8, 4) is 11.5 Å². The van der Waals surface area contributed by atoms with Crippen LogP contribution in [-0.2, 0) is 14.3 Å². The summed E-state index contributed by atoms with van der Waals surface area (Å²) in [5.41, 5.74) is 0.928. The van der Waals surface area contributed by atoms with E-state index in [2.05, 4.69) is 5.32 Å². The van der Waals surface area contributed by atoms with Gasteiger partial charge in [0.05, 0.1) is 36.3 Å². The van der Waals surface area contributed by atoms with Crippen LogP contribution in [0, 0.1) is 0 Å². The Morgan fingerprint density at radius 1 is 1.12 bits per heavy atom. The molecular formula is C23H21ClN2O7S. The Morgan fingerprint density at radius 2 is 1.88 bits per heavy atom. The van der Waals surface area contributed by atoms with Crippen molar-refractivity contribution in [2.24, 2.45) is 0 Å². The Hall–Kier alpha value is -3.50. The fourth-order valence-electron chi connectivity index (χ4n) is 3.03. The SMILES string of the molecule is CCOC(=O)c1cc(NC(=O)CN2C(=O)S/C(=C/c3ccc(OC)cc3OC)C2=O)ccc1Cl. The fraction of sp³-hybridized carbons (Fsp3) is 0.217. The van der Waals surface area contributed by atoms with Crippen LogP contribution >= 0.6 is 23.4 Å². The number of esters is 1. The number of imide groups is 1. The van der Waals surface area contributed by atoms with E-state index in [1.54, 1.807) is 25.1 Å². The first kappa shape index (κ1) is 25.1. The summed E-state index contributed by atoms with van der Waals surface area (Å²) in [5, 5.41) is 2.14. The summed E-state index contributed by atoms with van der Waals surface area (Å²) >= 11 is 6.75. The normalized spacial score (nSPS) is 14.4. The van der Waals surface area contributed by atoms with Gasteiger partial charge in [-0.15, -0.1) is 0 Å². The lowest BCUT2D eigenvalue weighted by Crippen LogP contribution is -2.36. The molecule has 0 aliphatic carbocycles. The summed E-state index contributed by atoms with van der Waals surface area (Å²) in [6, 6.07) is 9.34. The summed E-state index contributed by atoms with van der Waals surface area (Å²) in [6.45, 7) is 1.33. The van der Waals surface area contributed by atoms with Gasteiger partial charge >= 0.3 is 5.97 Å². The first-order valence-electron chi connectivity index (χ1n) is 10.0. The van der Waals surface area contributed by atoms with Crippen molar-refractivity contribution in [1.82, 2.24) is 4.90 Å². The summed E-state index contributed by atoms with van der Waals surface area (Å²) in [6.07, 6.45) is 1.52. The topological polar surface area (TPSA) is 111 Å². The third-order valence-electron chi connectivity index (χ3n) is 4.65. The van der Waals surface area contributed by atoms with Gasteiger partial charge in [-0.25, -0.2) is 4.79 Å². The van der Waals surface area contributed by atoms with Gasteiger partial charge in [0.25, 0.3) is 11.1 Å². The highest BCUT2D eigenvalue weighted by atomic mass is 35.5. The highest BCUT2D eigenvalue weighted by Gasteiger charge is 2.36. The third-order valence-corrected chi connectivity index (χ3v) is 5.88. The zero-order valence-electron chi connectivity index (χ0n) is 18.5. The van der Waals surface area contributed by atoms with Crippen molar-refractivity contribution in [2.75, 3.05) is 32.7 Å². The Morgan fingerprint density at radius 3 is 2.56 bits per heavy atom. The van der Waals surface area contributed by atoms with Gasteiger partial charge < -0.3 is 19.5 Å². The molecule has 3 rings (SSSR count). The minimum Gasteiger partial charge on any atom is -0.497 e. The van der Waals surface area contributed by atoms with Gasteiger partial charge in [-0.3, -0.25) is 19.3 Å². The Labute approximate surface area is 205 Å². The van der Waals surface area contributed by atoms with Crippen molar-refractivity contribution < 1.29 is 33.4 Å². The molecule has 0 aromatic heterocycles. The van der Waals surface area contributed by atoms with E-state index in [0.717, 1.165) is 16.7 Å². The van der Waals surface area contributed by atoms with E-state index in [-0.39, 0.29) is 27.8 Å². The molecule has 1 saturated heterocycles. The number of halogens is 1. The number of amides is 3.